The predicted octanol–water partition coefficient (Wildman–Crippen LogP) is 3.91. The molecular formula is C20H19N5O3S. The van der Waals surface area contributed by atoms with Crippen LogP contribution in [0.4, 0.5) is 0 Å². The van der Waals surface area contributed by atoms with Gasteiger partial charge in [-0.25, -0.2) is 9.99 Å². The molecule has 2 atom stereocenters. The lowest BCUT2D eigenvalue weighted by molar-refractivity contribution is -0.131. The van der Waals surface area contributed by atoms with E-state index in [2.05, 4.69) is 15.2 Å². The largest absolute Gasteiger partial charge is 0.467 e. The monoisotopic (exact) mass is 409 g/mol. The Morgan fingerprint density at radius 3 is 2.97 bits per heavy atom. The Morgan fingerprint density at radius 1 is 1.31 bits per heavy atom. The molecule has 3 aromatic heterocycles. The van der Waals surface area contributed by atoms with Crippen LogP contribution in [0.5, 0.6) is 0 Å². The van der Waals surface area contributed by atoms with Crippen molar-refractivity contribution in [3.8, 4) is 0 Å². The Labute approximate surface area is 171 Å². The van der Waals surface area contributed by atoms with E-state index >= 15 is 0 Å². The van der Waals surface area contributed by atoms with Gasteiger partial charge in [0.25, 0.3) is 5.91 Å². The van der Waals surface area contributed by atoms with Crippen molar-refractivity contribution in [2.45, 2.75) is 30.5 Å². The van der Waals surface area contributed by atoms with Crippen molar-refractivity contribution in [2.24, 2.45) is 11.0 Å². The lowest BCUT2D eigenvalue weighted by atomic mass is 9.79. The smallest absolute Gasteiger partial charge is 0.253 e. The highest BCUT2D eigenvalue weighted by molar-refractivity contribution is 7.99. The van der Waals surface area contributed by atoms with Crippen LogP contribution in [0.15, 0.2) is 67.8 Å². The maximum Gasteiger partial charge on any atom is 0.253 e. The van der Waals surface area contributed by atoms with E-state index in [1.54, 1.807) is 17.5 Å². The SMILES string of the molecule is O=C(CSc1ncn[nH]1)N1N=C2/C(=C/c3ccco3)CCCC2C1c1ccco1. The molecule has 2 aliphatic rings. The van der Waals surface area contributed by atoms with Gasteiger partial charge >= 0.3 is 0 Å². The fourth-order valence-electron chi connectivity index (χ4n) is 3.95. The van der Waals surface area contributed by atoms with Gasteiger partial charge in [0.1, 0.15) is 23.9 Å². The van der Waals surface area contributed by atoms with Gasteiger partial charge in [-0.3, -0.25) is 9.89 Å². The molecule has 0 aromatic carbocycles. The first kappa shape index (κ1) is 18.0. The zero-order chi connectivity index (χ0) is 19.6. The van der Waals surface area contributed by atoms with Crippen LogP contribution in [0.2, 0.25) is 0 Å². The first-order chi connectivity index (χ1) is 14.3. The molecule has 1 saturated carbocycles. The summed E-state index contributed by atoms with van der Waals surface area (Å²) in [6.45, 7) is 0. The van der Waals surface area contributed by atoms with E-state index in [-0.39, 0.29) is 23.6 Å². The number of carbonyl (C=O) groups excluding carboxylic acids is 1. The topological polar surface area (TPSA) is 101 Å². The highest BCUT2D eigenvalue weighted by Crippen LogP contribution is 2.44. The van der Waals surface area contributed by atoms with Crippen LogP contribution in [0.3, 0.4) is 0 Å². The van der Waals surface area contributed by atoms with Gasteiger partial charge in [0.2, 0.25) is 0 Å². The number of aromatic amines is 1. The summed E-state index contributed by atoms with van der Waals surface area (Å²) in [5.74, 6) is 1.78. The molecule has 8 nitrogen and oxygen atoms in total. The highest BCUT2D eigenvalue weighted by atomic mass is 32.2. The first-order valence-corrected chi connectivity index (χ1v) is 10.4. The number of nitrogens with zero attached hydrogens (tertiary/aromatic N) is 4. The molecule has 0 radical (unpaired) electrons. The van der Waals surface area contributed by atoms with Gasteiger partial charge in [0.15, 0.2) is 5.16 Å². The van der Waals surface area contributed by atoms with Gasteiger partial charge < -0.3 is 8.83 Å². The summed E-state index contributed by atoms with van der Waals surface area (Å²) in [4.78, 5) is 17.1. The van der Waals surface area contributed by atoms with Crippen LogP contribution in [-0.4, -0.2) is 37.6 Å². The van der Waals surface area contributed by atoms with E-state index in [0.717, 1.165) is 42.1 Å². The first-order valence-electron chi connectivity index (χ1n) is 9.46. The summed E-state index contributed by atoms with van der Waals surface area (Å²) in [6, 6.07) is 7.32. The molecule has 0 bridgehead atoms. The van der Waals surface area contributed by atoms with E-state index in [9.17, 15) is 4.79 Å². The van der Waals surface area contributed by atoms with Gasteiger partial charge in [0, 0.05) is 5.92 Å². The number of furan rings is 2. The van der Waals surface area contributed by atoms with Gasteiger partial charge in [-0.2, -0.15) is 10.2 Å². The standard InChI is InChI=1S/C20H19N5O3S/c26-17(11-29-20-21-12-22-23-20)25-19(16-7-3-9-28-16)15-6-1-4-13(18(15)24-25)10-14-5-2-8-27-14/h2-3,5,7-10,12,15,19H,1,4,6,11H2,(H,21,22,23)/b13-10+. The van der Waals surface area contributed by atoms with E-state index in [1.807, 2.05) is 30.3 Å². The molecule has 1 aliphatic carbocycles. The Hall–Kier alpha value is -3.07. The average molecular weight is 409 g/mol. The zero-order valence-corrected chi connectivity index (χ0v) is 16.3. The number of hydrogen-bond acceptors (Lipinski definition) is 7. The third-order valence-electron chi connectivity index (χ3n) is 5.18. The van der Waals surface area contributed by atoms with E-state index in [1.165, 1.54) is 18.1 Å². The van der Waals surface area contributed by atoms with Crippen molar-refractivity contribution in [3.05, 3.63) is 60.2 Å². The molecule has 5 rings (SSSR count). The molecule has 2 unspecified atom stereocenters. The van der Waals surface area contributed by atoms with E-state index in [0.29, 0.717) is 5.16 Å². The second-order valence-corrected chi connectivity index (χ2v) is 7.91. The number of hydrazone groups is 1. The molecule has 4 heterocycles. The third-order valence-corrected chi connectivity index (χ3v) is 6.04. The molecule has 1 aliphatic heterocycles. The van der Waals surface area contributed by atoms with Gasteiger partial charge in [-0.05, 0) is 55.2 Å². The fraction of sp³-hybridized carbons (Fsp3) is 0.300. The van der Waals surface area contributed by atoms with Crippen molar-refractivity contribution in [2.75, 3.05) is 5.75 Å². The molecule has 0 saturated heterocycles. The van der Waals surface area contributed by atoms with Crippen molar-refractivity contribution in [1.82, 2.24) is 20.2 Å². The van der Waals surface area contributed by atoms with Crippen LogP contribution in [0, 0.1) is 5.92 Å². The summed E-state index contributed by atoms with van der Waals surface area (Å²) in [7, 11) is 0. The number of hydrogen-bond donors (Lipinski definition) is 1. The zero-order valence-electron chi connectivity index (χ0n) is 15.5. The number of fused-ring (bicyclic) bond motifs is 1. The summed E-state index contributed by atoms with van der Waals surface area (Å²) in [6.07, 6.45) is 9.65. The predicted molar refractivity (Wildman–Crippen MR) is 107 cm³/mol. The molecule has 3 aromatic rings. The number of allylic oxidation sites excluding steroid dienone is 1. The molecule has 1 N–H and O–H groups in total. The van der Waals surface area contributed by atoms with Crippen LogP contribution in [-0.2, 0) is 4.79 Å². The Balaban J connectivity index is 1.45. The Kier molecular flexibility index (Phi) is 4.81. The van der Waals surface area contributed by atoms with Crippen LogP contribution >= 0.6 is 11.8 Å². The minimum Gasteiger partial charge on any atom is -0.467 e. The number of amides is 1. The summed E-state index contributed by atoms with van der Waals surface area (Å²) < 4.78 is 11.2. The maximum atomic E-state index is 13.1. The van der Waals surface area contributed by atoms with Crippen molar-refractivity contribution in [3.63, 3.8) is 0 Å². The lowest BCUT2D eigenvalue weighted by Crippen LogP contribution is -2.32. The minimum atomic E-state index is -0.233. The summed E-state index contributed by atoms with van der Waals surface area (Å²) in [5.41, 5.74) is 2.07. The molecule has 1 amide bonds. The number of rotatable bonds is 5. The van der Waals surface area contributed by atoms with E-state index in [4.69, 9.17) is 13.9 Å². The van der Waals surface area contributed by atoms with Crippen molar-refractivity contribution in [1.29, 1.82) is 0 Å². The van der Waals surface area contributed by atoms with Crippen LogP contribution in [0.25, 0.3) is 6.08 Å². The van der Waals surface area contributed by atoms with Gasteiger partial charge in [0.05, 0.1) is 24.0 Å². The van der Waals surface area contributed by atoms with Crippen LogP contribution in [0.1, 0.15) is 36.8 Å². The highest BCUT2D eigenvalue weighted by Gasteiger charge is 2.45. The summed E-state index contributed by atoms with van der Waals surface area (Å²) >= 11 is 1.31. The van der Waals surface area contributed by atoms with E-state index < -0.39 is 0 Å². The summed E-state index contributed by atoms with van der Waals surface area (Å²) in [5, 5.41) is 13.6. The maximum absolute atomic E-state index is 13.1. The van der Waals surface area contributed by atoms with Gasteiger partial charge in [-0.15, -0.1) is 0 Å². The van der Waals surface area contributed by atoms with Gasteiger partial charge in [-0.1, -0.05) is 11.8 Å². The number of H-pyrrole nitrogens is 1. The lowest BCUT2D eigenvalue weighted by Gasteiger charge is -2.27. The average Bonchev–Trinajstić information content (AvgIpc) is 3.53. The quantitative estimate of drug-likeness (QED) is 0.641. The number of nitrogens with one attached hydrogen (secondary N) is 1. The second kappa shape index (κ2) is 7.75. The van der Waals surface area contributed by atoms with Crippen molar-refractivity contribution >= 4 is 29.5 Å². The number of thioether (sulfide) groups is 1. The normalized spacial score (nSPS) is 22.7. The molecule has 148 valence electrons. The molecule has 29 heavy (non-hydrogen) atoms. The Morgan fingerprint density at radius 2 is 2.21 bits per heavy atom. The molecule has 0 spiro atoms. The molecular weight excluding hydrogens is 390 g/mol. The van der Waals surface area contributed by atoms with Crippen molar-refractivity contribution < 1.29 is 13.6 Å². The third kappa shape index (κ3) is 3.53. The second-order valence-electron chi connectivity index (χ2n) is 6.95. The molecule has 1 fully saturated rings. The fourth-order valence-corrected chi connectivity index (χ4v) is 4.58. The number of aromatic nitrogens is 3. The van der Waals surface area contributed by atoms with Crippen LogP contribution < -0.4 is 0 Å². The Bertz CT molecular complexity index is 1020. The number of carbonyl (C=O) groups is 1. The molecule has 9 heteroatoms. The minimum absolute atomic E-state index is 0.0907.